The molecular formula is C12H14Br2N4O2S. The summed E-state index contributed by atoms with van der Waals surface area (Å²) in [6.07, 6.45) is 0. The van der Waals surface area contributed by atoms with Crippen molar-refractivity contribution in [2.75, 3.05) is 5.33 Å². The average molecular weight is 438 g/mol. The smallest absolute Gasteiger partial charge is 0.235 e. The summed E-state index contributed by atoms with van der Waals surface area (Å²) >= 11 is 6.50. The van der Waals surface area contributed by atoms with Gasteiger partial charge in [-0.25, -0.2) is 13.1 Å². The Hall–Kier alpha value is -0.770. The normalized spacial score (nSPS) is 14.9. The van der Waals surface area contributed by atoms with Crippen LogP contribution in [0.25, 0.3) is 0 Å². The molecule has 0 saturated heterocycles. The number of halogens is 2. The van der Waals surface area contributed by atoms with Crippen molar-refractivity contribution in [3.05, 3.63) is 40.5 Å². The summed E-state index contributed by atoms with van der Waals surface area (Å²) in [7, 11) is -2.26. The number of benzene rings is 1. The second-order valence-corrected chi connectivity index (χ2v) is 7.66. The van der Waals surface area contributed by atoms with Gasteiger partial charge in [0.05, 0.1) is 5.54 Å². The second kappa shape index (κ2) is 6.15. The molecule has 0 spiro atoms. The molecular weight excluding hydrogens is 424 g/mol. The molecule has 1 aromatic carbocycles. The molecule has 0 saturated carbocycles. The van der Waals surface area contributed by atoms with Gasteiger partial charge in [0.2, 0.25) is 5.03 Å². The lowest BCUT2D eigenvalue weighted by molar-refractivity contribution is 0.475. The third kappa shape index (κ3) is 3.36. The molecule has 2 rings (SSSR count). The van der Waals surface area contributed by atoms with Gasteiger partial charge in [0.25, 0.3) is 10.0 Å². The molecule has 0 bridgehead atoms. The van der Waals surface area contributed by atoms with Gasteiger partial charge < -0.3 is 0 Å². The zero-order valence-electron chi connectivity index (χ0n) is 11.4. The van der Waals surface area contributed by atoms with Crippen LogP contribution in [0, 0.1) is 0 Å². The molecule has 0 aliphatic carbocycles. The van der Waals surface area contributed by atoms with Gasteiger partial charge in [-0.15, -0.1) is 5.10 Å². The number of sulfonamides is 1. The Morgan fingerprint density at radius 2 is 1.95 bits per heavy atom. The third-order valence-corrected chi connectivity index (χ3v) is 6.63. The van der Waals surface area contributed by atoms with Gasteiger partial charge in [0.1, 0.15) is 0 Å². The van der Waals surface area contributed by atoms with Crippen LogP contribution in [-0.2, 0) is 22.6 Å². The zero-order chi connectivity index (χ0) is 15.7. The molecule has 1 N–H and O–H groups in total. The van der Waals surface area contributed by atoms with Crippen molar-refractivity contribution in [2.24, 2.45) is 7.05 Å². The van der Waals surface area contributed by atoms with Crippen molar-refractivity contribution in [1.82, 2.24) is 19.7 Å². The fraction of sp³-hybridized carbons (Fsp3) is 0.333. The van der Waals surface area contributed by atoms with E-state index in [9.17, 15) is 8.42 Å². The number of nitrogens with one attached hydrogen (secondary N) is 1. The molecule has 1 aromatic heterocycles. The Bertz CT molecular complexity index is 713. The van der Waals surface area contributed by atoms with E-state index in [1.165, 1.54) is 11.7 Å². The van der Waals surface area contributed by atoms with E-state index in [0.29, 0.717) is 5.33 Å². The molecule has 0 radical (unpaired) electrons. The number of nitrogens with zero attached hydrogens (tertiary/aromatic N) is 3. The van der Waals surface area contributed by atoms with Crippen LogP contribution in [0.5, 0.6) is 0 Å². The summed E-state index contributed by atoms with van der Waals surface area (Å²) in [4.78, 5) is 0. The highest BCUT2D eigenvalue weighted by molar-refractivity contribution is 9.10. The van der Waals surface area contributed by atoms with Crippen LogP contribution in [0.4, 0.5) is 0 Å². The summed E-state index contributed by atoms with van der Waals surface area (Å²) in [5, 5.41) is 7.82. The molecule has 21 heavy (non-hydrogen) atoms. The average Bonchev–Trinajstić information content (AvgIpc) is 2.79. The molecule has 114 valence electrons. The number of alkyl halides is 1. The lowest BCUT2D eigenvalue weighted by Gasteiger charge is -2.29. The molecule has 1 unspecified atom stereocenters. The first-order valence-corrected chi connectivity index (χ1v) is 9.40. The van der Waals surface area contributed by atoms with Crippen LogP contribution in [0.2, 0.25) is 0 Å². The van der Waals surface area contributed by atoms with Crippen molar-refractivity contribution < 1.29 is 8.42 Å². The number of rotatable bonds is 5. The first-order chi connectivity index (χ1) is 9.80. The maximum absolute atomic E-state index is 12.6. The topological polar surface area (TPSA) is 76.9 Å². The summed E-state index contributed by atoms with van der Waals surface area (Å²) in [6.45, 7) is 1.81. The van der Waals surface area contributed by atoms with E-state index in [1.54, 1.807) is 0 Å². The standard InChI is InChI=1S/C12H14Br2N4O2S/c1-12(8-13,9-6-4-3-5-7-9)16-21(19,20)11-10(14)15-17-18(11)2/h3-7,16H,8H2,1-2H3. The number of hydrogen-bond acceptors (Lipinski definition) is 4. The highest BCUT2D eigenvalue weighted by Crippen LogP contribution is 2.27. The highest BCUT2D eigenvalue weighted by Gasteiger charge is 2.34. The first kappa shape index (κ1) is 16.6. The monoisotopic (exact) mass is 436 g/mol. The molecule has 2 aromatic rings. The van der Waals surface area contributed by atoms with E-state index in [1.807, 2.05) is 37.3 Å². The number of aromatic nitrogens is 3. The van der Waals surface area contributed by atoms with E-state index in [4.69, 9.17) is 0 Å². The van der Waals surface area contributed by atoms with E-state index in [-0.39, 0.29) is 9.63 Å². The number of aryl methyl sites for hydroxylation is 1. The molecule has 0 aliphatic rings. The minimum Gasteiger partial charge on any atom is -0.235 e. The SMILES string of the molecule is Cn1nnc(Br)c1S(=O)(=O)NC(C)(CBr)c1ccccc1. The van der Waals surface area contributed by atoms with Crippen LogP contribution in [0.3, 0.4) is 0 Å². The highest BCUT2D eigenvalue weighted by atomic mass is 79.9. The first-order valence-electron chi connectivity index (χ1n) is 6.01. The molecule has 0 fully saturated rings. The fourth-order valence-electron chi connectivity index (χ4n) is 1.92. The Morgan fingerprint density at radius 1 is 1.33 bits per heavy atom. The Balaban J connectivity index is 2.43. The van der Waals surface area contributed by atoms with E-state index in [2.05, 4.69) is 46.9 Å². The minimum atomic E-state index is -3.79. The lowest BCUT2D eigenvalue weighted by Crippen LogP contribution is -2.45. The lowest BCUT2D eigenvalue weighted by atomic mass is 9.96. The summed E-state index contributed by atoms with van der Waals surface area (Å²) < 4.78 is 29.4. The fourth-order valence-corrected chi connectivity index (χ4v) is 5.07. The predicted molar refractivity (Wildman–Crippen MR) is 86.6 cm³/mol. The van der Waals surface area contributed by atoms with Gasteiger partial charge in [-0.3, -0.25) is 0 Å². The van der Waals surface area contributed by atoms with E-state index in [0.717, 1.165) is 5.56 Å². The van der Waals surface area contributed by atoms with Gasteiger partial charge in [-0.1, -0.05) is 51.5 Å². The summed E-state index contributed by atoms with van der Waals surface area (Å²) in [5.74, 6) is 0. The number of hydrogen-bond donors (Lipinski definition) is 1. The van der Waals surface area contributed by atoms with Gasteiger partial charge in [-0.2, -0.15) is 4.72 Å². The molecule has 0 aliphatic heterocycles. The van der Waals surface area contributed by atoms with Gasteiger partial charge >= 0.3 is 0 Å². The quantitative estimate of drug-likeness (QED) is 0.727. The van der Waals surface area contributed by atoms with Crippen LogP contribution < -0.4 is 4.72 Å². The minimum absolute atomic E-state index is 0.00870. The van der Waals surface area contributed by atoms with Crippen LogP contribution in [0.15, 0.2) is 40.0 Å². The third-order valence-electron chi connectivity index (χ3n) is 3.03. The van der Waals surface area contributed by atoms with Crippen molar-refractivity contribution in [3.63, 3.8) is 0 Å². The molecule has 9 heteroatoms. The van der Waals surface area contributed by atoms with E-state index < -0.39 is 15.6 Å². The Morgan fingerprint density at radius 3 is 2.43 bits per heavy atom. The van der Waals surface area contributed by atoms with Crippen LogP contribution in [0.1, 0.15) is 12.5 Å². The van der Waals surface area contributed by atoms with Crippen molar-refractivity contribution in [3.8, 4) is 0 Å². The second-order valence-electron chi connectivity index (χ2n) is 4.75. The molecule has 0 amide bonds. The molecule has 1 atom stereocenters. The molecule has 6 nitrogen and oxygen atoms in total. The molecule has 1 heterocycles. The van der Waals surface area contributed by atoms with E-state index >= 15 is 0 Å². The summed E-state index contributed by atoms with van der Waals surface area (Å²) in [5.41, 5.74) is 0.0702. The van der Waals surface area contributed by atoms with Crippen molar-refractivity contribution in [2.45, 2.75) is 17.5 Å². The van der Waals surface area contributed by atoms with Crippen LogP contribution in [-0.4, -0.2) is 28.7 Å². The summed E-state index contributed by atoms with van der Waals surface area (Å²) in [6, 6.07) is 9.37. The zero-order valence-corrected chi connectivity index (χ0v) is 15.4. The van der Waals surface area contributed by atoms with Gasteiger partial charge in [0, 0.05) is 12.4 Å². The van der Waals surface area contributed by atoms with Crippen molar-refractivity contribution >= 4 is 41.9 Å². The van der Waals surface area contributed by atoms with Gasteiger partial charge in [0.15, 0.2) is 4.60 Å². The van der Waals surface area contributed by atoms with Gasteiger partial charge in [-0.05, 0) is 28.4 Å². The Labute approximate surface area is 140 Å². The van der Waals surface area contributed by atoms with Crippen molar-refractivity contribution in [1.29, 1.82) is 0 Å². The maximum atomic E-state index is 12.6. The Kier molecular flexibility index (Phi) is 4.86. The maximum Gasteiger partial charge on any atom is 0.261 e. The van der Waals surface area contributed by atoms with Crippen LogP contribution >= 0.6 is 31.9 Å². The predicted octanol–water partition coefficient (Wildman–Crippen LogP) is 2.17. The largest absolute Gasteiger partial charge is 0.261 e.